The standard InChI is InChI=1S/C16H20FNO2/c1-12-16(7-9-20-12)18(2)11-13-5-6-15(17)14(10-13)4-3-8-19/h5-6,10,12,16,19H,7-9,11H2,1-2H3. The maximum absolute atomic E-state index is 13.6. The first-order valence-corrected chi connectivity index (χ1v) is 6.82. The van der Waals surface area contributed by atoms with E-state index in [2.05, 4.69) is 30.7 Å². The van der Waals surface area contributed by atoms with E-state index in [0.717, 1.165) is 25.1 Å². The van der Waals surface area contributed by atoms with Crippen molar-refractivity contribution < 1.29 is 14.2 Å². The number of rotatable bonds is 3. The van der Waals surface area contributed by atoms with Gasteiger partial charge < -0.3 is 9.84 Å². The molecule has 1 N–H and O–H groups in total. The van der Waals surface area contributed by atoms with E-state index in [1.165, 1.54) is 6.07 Å². The van der Waals surface area contributed by atoms with Gasteiger partial charge in [0.2, 0.25) is 0 Å². The summed E-state index contributed by atoms with van der Waals surface area (Å²) in [5, 5.41) is 8.69. The monoisotopic (exact) mass is 277 g/mol. The molecule has 1 aliphatic rings. The molecule has 1 aromatic carbocycles. The van der Waals surface area contributed by atoms with E-state index in [1.54, 1.807) is 12.1 Å². The van der Waals surface area contributed by atoms with Crippen LogP contribution in [0.2, 0.25) is 0 Å². The van der Waals surface area contributed by atoms with Gasteiger partial charge in [-0.15, -0.1) is 0 Å². The molecular formula is C16H20FNO2. The van der Waals surface area contributed by atoms with Crippen LogP contribution in [-0.2, 0) is 11.3 Å². The minimum atomic E-state index is -0.352. The van der Waals surface area contributed by atoms with Crippen LogP contribution in [0, 0.1) is 17.7 Å². The van der Waals surface area contributed by atoms with Gasteiger partial charge in [-0.2, -0.15) is 0 Å². The van der Waals surface area contributed by atoms with Crippen molar-refractivity contribution in [1.29, 1.82) is 0 Å². The number of hydrogen-bond donors (Lipinski definition) is 1. The normalized spacial score (nSPS) is 21.9. The Hall–Kier alpha value is -1.41. The second-order valence-electron chi connectivity index (χ2n) is 5.12. The van der Waals surface area contributed by atoms with Gasteiger partial charge in [0.1, 0.15) is 12.4 Å². The largest absolute Gasteiger partial charge is 0.384 e. The van der Waals surface area contributed by atoms with E-state index in [-0.39, 0.29) is 18.5 Å². The van der Waals surface area contributed by atoms with Crippen LogP contribution in [0.1, 0.15) is 24.5 Å². The Balaban J connectivity index is 2.09. The minimum Gasteiger partial charge on any atom is -0.384 e. The Morgan fingerprint density at radius 2 is 2.30 bits per heavy atom. The molecule has 0 spiro atoms. The molecule has 2 atom stereocenters. The van der Waals surface area contributed by atoms with Crippen molar-refractivity contribution in [3.8, 4) is 11.8 Å². The van der Waals surface area contributed by atoms with Gasteiger partial charge in [-0.1, -0.05) is 17.9 Å². The number of benzene rings is 1. The summed E-state index contributed by atoms with van der Waals surface area (Å²) in [6.07, 6.45) is 1.25. The molecule has 2 rings (SSSR count). The predicted molar refractivity (Wildman–Crippen MR) is 75.6 cm³/mol. The second-order valence-corrected chi connectivity index (χ2v) is 5.12. The Morgan fingerprint density at radius 1 is 1.50 bits per heavy atom. The summed E-state index contributed by atoms with van der Waals surface area (Å²) in [6, 6.07) is 5.34. The summed E-state index contributed by atoms with van der Waals surface area (Å²) in [5.41, 5.74) is 1.34. The van der Waals surface area contributed by atoms with Crippen molar-refractivity contribution in [2.75, 3.05) is 20.3 Å². The van der Waals surface area contributed by atoms with E-state index >= 15 is 0 Å². The van der Waals surface area contributed by atoms with Crippen LogP contribution in [0.25, 0.3) is 0 Å². The second kappa shape index (κ2) is 6.85. The smallest absolute Gasteiger partial charge is 0.138 e. The van der Waals surface area contributed by atoms with Gasteiger partial charge in [0.25, 0.3) is 0 Å². The molecule has 108 valence electrons. The van der Waals surface area contributed by atoms with Crippen LogP contribution in [0.15, 0.2) is 18.2 Å². The van der Waals surface area contributed by atoms with Gasteiger partial charge in [-0.25, -0.2) is 4.39 Å². The fraction of sp³-hybridized carbons (Fsp3) is 0.500. The van der Waals surface area contributed by atoms with Crippen LogP contribution >= 0.6 is 0 Å². The van der Waals surface area contributed by atoms with Crippen LogP contribution in [0.3, 0.4) is 0 Å². The lowest BCUT2D eigenvalue weighted by molar-refractivity contribution is 0.0814. The fourth-order valence-electron chi connectivity index (χ4n) is 2.61. The quantitative estimate of drug-likeness (QED) is 0.855. The number of aliphatic hydroxyl groups excluding tert-OH is 1. The molecule has 0 aromatic heterocycles. The number of likely N-dealkylation sites (N-methyl/N-ethyl adjacent to an activating group) is 1. The van der Waals surface area contributed by atoms with E-state index < -0.39 is 0 Å². The maximum atomic E-state index is 13.6. The Morgan fingerprint density at radius 3 is 2.95 bits per heavy atom. The summed E-state index contributed by atoms with van der Waals surface area (Å²) in [7, 11) is 2.05. The predicted octanol–water partition coefficient (Wildman–Crippen LogP) is 1.78. The fourth-order valence-corrected chi connectivity index (χ4v) is 2.61. The average Bonchev–Trinajstić information content (AvgIpc) is 2.85. The zero-order chi connectivity index (χ0) is 14.5. The van der Waals surface area contributed by atoms with Crippen LogP contribution in [0.5, 0.6) is 0 Å². The van der Waals surface area contributed by atoms with Gasteiger partial charge >= 0.3 is 0 Å². The highest BCUT2D eigenvalue weighted by Gasteiger charge is 2.27. The van der Waals surface area contributed by atoms with E-state index in [1.807, 2.05) is 0 Å². The SMILES string of the molecule is CC1OCCC1N(C)Cc1ccc(F)c(C#CCO)c1. The molecule has 1 fully saturated rings. The Labute approximate surface area is 119 Å². The van der Waals surface area contributed by atoms with Crippen LogP contribution in [-0.4, -0.2) is 42.4 Å². The summed E-state index contributed by atoms with van der Waals surface area (Å²) in [5.74, 6) is 4.76. The number of aliphatic hydroxyl groups is 1. The molecular weight excluding hydrogens is 257 g/mol. The van der Waals surface area contributed by atoms with Gasteiger partial charge in [0.05, 0.1) is 11.7 Å². The van der Waals surface area contributed by atoms with Crippen LogP contribution in [0.4, 0.5) is 4.39 Å². The van der Waals surface area contributed by atoms with Crippen molar-refractivity contribution in [3.05, 3.63) is 35.1 Å². The molecule has 1 aromatic rings. The van der Waals surface area contributed by atoms with Crippen molar-refractivity contribution >= 4 is 0 Å². The maximum Gasteiger partial charge on any atom is 0.138 e. The molecule has 0 bridgehead atoms. The van der Waals surface area contributed by atoms with Crippen LogP contribution < -0.4 is 0 Å². The molecule has 0 amide bonds. The third-order valence-corrected chi connectivity index (χ3v) is 3.67. The van der Waals surface area contributed by atoms with Gasteiger partial charge in [0, 0.05) is 19.2 Å². The van der Waals surface area contributed by atoms with Crippen molar-refractivity contribution in [1.82, 2.24) is 4.90 Å². The van der Waals surface area contributed by atoms with E-state index in [4.69, 9.17) is 9.84 Å². The lowest BCUT2D eigenvalue weighted by Crippen LogP contribution is -2.36. The molecule has 4 heteroatoms. The Bertz CT molecular complexity index is 521. The lowest BCUT2D eigenvalue weighted by Gasteiger charge is -2.26. The third kappa shape index (κ3) is 3.57. The molecule has 1 saturated heterocycles. The first kappa shape index (κ1) is 15.0. The average molecular weight is 277 g/mol. The topological polar surface area (TPSA) is 32.7 Å². The zero-order valence-electron chi connectivity index (χ0n) is 11.9. The summed E-state index contributed by atoms with van der Waals surface area (Å²) < 4.78 is 19.1. The van der Waals surface area contributed by atoms with Gasteiger partial charge in [-0.3, -0.25) is 4.90 Å². The number of halogens is 1. The summed E-state index contributed by atoms with van der Waals surface area (Å²) in [4.78, 5) is 2.23. The zero-order valence-corrected chi connectivity index (χ0v) is 11.9. The molecule has 0 saturated carbocycles. The number of nitrogens with zero attached hydrogens (tertiary/aromatic N) is 1. The molecule has 1 aliphatic heterocycles. The molecule has 0 aliphatic carbocycles. The number of hydrogen-bond acceptors (Lipinski definition) is 3. The molecule has 2 unspecified atom stereocenters. The van der Waals surface area contributed by atoms with Gasteiger partial charge in [0.15, 0.2) is 0 Å². The minimum absolute atomic E-state index is 0.231. The molecule has 0 radical (unpaired) electrons. The van der Waals surface area contributed by atoms with Gasteiger partial charge in [-0.05, 0) is 38.1 Å². The van der Waals surface area contributed by atoms with E-state index in [9.17, 15) is 4.39 Å². The highest BCUT2D eigenvalue weighted by molar-refractivity contribution is 5.38. The molecule has 3 nitrogen and oxygen atoms in total. The van der Waals surface area contributed by atoms with Crippen molar-refractivity contribution in [2.45, 2.75) is 32.0 Å². The number of ether oxygens (including phenoxy) is 1. The summed E-state index contributed by atoms with van der Waals surface area (Å²) >= 11 is 0. The third-order valence-electron chi connectivity index (χ3n) is 3.67. The lowest BCUT2D eigenvalue weighted by atomic mass is 10.1. The first-order chi connectivity index (χ1) is 9.61. The molecule has 20 heavy (non-hydrogen) atoms. The Kier molecular flexibility index (Phi) is 5.13. The van der Waals surface area contributed by atoms with Crippen molar-refractivity contribution in [3.63, 3.8) is 0 Å². The highest BCUT2D eigenvalue weighted by atomic mass is 19.1. The highest BCUT2D eigenvalue weighted by Crippen LogP contribution is 2.20. The molecule has 1 heterocycles. The summed E-state index contributed by atoms with van der Waals surface area (Å²) in [6.45, 7) is 3.34. The first-order valence-electron chi connectivity index (χ1n) is 6.82. The van der Waals surface area contributed by atoms with Crippen molar-refractivity contribution in [2.24, 2.45) is 0 Å². The van der Waals surface area contributed by atoms with E-state index in [0.29, 0.717) is 11.6 Å².